The smallest absolute Gasteiger partial charge is 0.373 e. The second-order valence-corrected chi connectivity index (χ2v) is 7.08. The molecule has 2 aromatic carbocycles. The minimum atomic E-state index is 0.250. The molecule has 4 heteroatoms. The summed E-state index contributed by atoms with van der Waals surface area (Å²) in [7, 11) is 0. The van der Waals surface area contributed by atoms with Gasteiger partial charge in [-0.1, -0.05) is 61.0 Å². The molecule has 1 aliphatic rings. The van der Waals surface area contributed by atoms with Crippen molar-refractivity contribution >= 4 is 17.8 Å². The summed E-state index contributed by atoms with van der Waals surface area (Å²) in [5.41, 5.74) is 2.92. The Hall–Kier alpha value is -1.93. The molecule has 3 nitrogen and oxygen atoms in total. The largest absolute Gasteiger partial charge is 0.374 e. The van der Waals surface area contributed by atoms with Gasteiger partial charge in [0.1, 0.15) is 0 Å². The standard InChI is InChI=1S/C20H23ClO.CO2/c1-20(17-7-9-18(21)10-8-17)13-11-19(12-14-20)22-15-16-5-3-2-4-6-16;2-1-3/h2-10,19H,11-15H2,1H3;. The van der Waals surface area contributed by atoms with Gasteiger partial charge in [-0.3, -0.25) is 0 Å². The Bertz CT molecular complexity index is 668. The van der Waals surface area contributed by atoms with Gasteiger partial charge in [0.25, 0.3) is 0 Å². The molecule has 0 saturated heterocycles. The van der Waals surface area contributed by atoms with Crippen molar-refractivity contribution < 1.29 is 14.3 Å². The first-order valence-electron chi connectivity index (χ1n) is 8.48. The van der Waals surface area contributed by atoms with Crippen LogP contribution in [0.5, 0.6) is 0 Å². The van der Waals surface area contributed by atoms with Crippen molar-refractivity contribution in [3.8, 4) is 0 Å². The third kappa shape index (κ3) is 5.82. The van der Waals surface area contributed by atoms with Crippen LogP contribution in [-0.2, 0) is 26.3 Å². The first kappa shape index (κ1) is 19.4. The minimum Gasteiger partial charge on any atom is -0.374 e. The molecule has 132 valence electrons. The lowest BCUT2D eigenvalue weighted by molar-refractivity contribution is -0.191. The molecule has 1 saturated carbocycles. The van der Waals surface area contributed by atoms with Crippen molar-refractivity contribution in [1.29, 1.82) is 0 Å². The van der Waals surface area contributed by atoms with Gasteiger partial charge in [-0.05, 0) is 54.4 Å². The Balaban J connectivity index is 0.000000701. The zero-order chi connectivity index (χ0) is 18.1. The number of carbonyl (C=O) groups excluding carboxylic acids is 2. The van der Waals surface area contributed by atoms with E-state index < -0.39 is 0 Å². The fourth-order valence-corrected chi connectivity index (χ4v) is 3.45. The molecule has 0 aliphatic heterocycles. The maximum atomic E-state index is 8.12. The predicted octanol–water partition coefficient (Wildman–Crippen LogP) is 5.17. The summed E-state index contributed by atoms with van der Waals surface area (Å²) in [4.78, 5) is 16.2. The van der Waals surface area contributed by atoms with Gasteiger partial charge in [0.2, 0.25) is 0 Å². The van der Waals surface area contributed by atoms with Crippen LogP contribution in [0.2, 0.25) is 5.02 Å². The highest BCUT2D eigenvalue weighted by Gasteiger charge is 2.32. The number of halogens is 1. The average molecular weight is 359 g/mol. The molecule has 0 spiro atoms. The molecule has 0 amide bonds. The number of ether oxygens (including phenoxy) is 1. The van der Waals surface area contributed by atoms with E-state index in [1.807, 2.05) is 18.2 Å². The minimum absolute atomic E-state index is 0.250. The molecule has 1 fully saturated rings. The molecular formula is C21H23ClO3. The average Bonchev–Trinajstić information content (AvgIpc) is 2.63. The predicted molar refractivity (Wildman–Crippen MR) is 97.3 cm³/mol. The van der Waals surface area contributed by atoms with Crippen LogP contribution in [-0.4, -0.2) is 12.3 Å². The van der Waals surface area contributed by atoms with Gasteiger partial charge in [-0.15, -0.1) is 0 Å². The Morgan fingerprint density at radius 3 is 2.16 bits per heavy atom. The van der Waals surface area contributed by atoms with Gasteiger partial charge in [-0.25, -0.2) is 0 Å². The van der Waals surface area contributed by atoms with Gasteiger partial charge in [0.15, 0.2) is 0 Å². The third-order valence-electron chi connectivity index (χ3n) is 4.91. The van der Waals surface area contributed by atoms with Gasteiger partial charge < -0.3 is 4.74 Å². The van der Waals surface area contributed by atoms with E-state index in [1.54, 1.807) is 0 Å². The highest BCUT2D eigenvalue weighted by molar-refractivity contribution is 6.30. The van der Waals surface area contributed by atoms with Crippen LogP contribution in [0, 0.1) is 0 Å². The van der Waals surface area contributed by atoms with Crippen molar-refractivity contribution in [3.63, 3.8) is 0 Å². The van der Waals surface area contributed by atoms with E-state index in [2.05, 4.69) is 43.3 Å². The summed E-state index contributed by atoms with van der Waals surface area (Å²) in [6.07, 6.45) is 5.25. The molecule has 0 atom stereocenters. The van der Waals surface area contributed by atoms with Crippen molar-refractivity contribution in [3.05, 3.63) is 70.7 Å². The number of benzene rings is 2. The number of hydrogen-bond acceptors (Lipinski definition) is 3. The molecule has 0 bridgehead atoms. The zero-order valence-corrected chi connectivity index (χ0v) is 15.2. The van der Waals surface area contributed by atoms with Gasteiger partial charge in [0, 0.05) is 5.02 Å². The van der Waals surface area contributed by atoms with Crippen LogP contribution in [0.15, 0.2) is 54.6 Å². The highest BCUT2D eigenvalue weighted by atomic mass is 35.5. The lowest BCUT2D eigenvalue weighted by Crippen LogP contribution is -2.32. The van der Waals surface area contributed by atoms with Crippen molar-refractivity contribution in [1.82, 2.24) is 0 Å². The van der Waals surface area contributed by atoms with Gasteiger partial charge in [0.05, 0.1) is 12.7 Å². The third-order valence-corrected chi connectivity index (χ3v) is 5.16. The summed E-state index contributed by atoms with van der Waals surface area (Å²) in [6.45, 7) is 3.09. The quantitative estimate of drug-likeness (QED) is 0.756. The fraction of sp³-hybridized carbons (Fsp3) is 0.381. The summed E-state index contributed by atoms with van der Waals surface area (Å²) < 4.78 is 6.10. The maximum absolute atomic E-state index is 8.12. The van der Waals surface area contributed by atoms with E-state index in [4.69, 9.17) is 25.9 Å². The lowest BCUT2D eigenvalue weighted by Gasteiger charge is -2.37. The molecule has 2 aromatic rings. The van der Waals surface area contributed by atoms with E-state index in [0.29, 0.717) is 6.10 Å². The summed E-state index contributed by atoms with van der Waals surface area (Å²) in [6, 6.07) is 18.8. The molecule has 0 N–H and O–H groups in total. The van der Waals surface area contributed by atoms with Crippen LogP contribution in [0.4, 0.5) is 0 Å². The highest BCUT2D eigenvalue weighted by Crippen LogP contribution is 2.40. The van der Waals surface area contributed by atoms with Crippen LogP contribution < -0.4 is 0 Å². The first-order valence-corrected chi connectivity index (χ1v) is 8.86. The van der Waals surface area contributed by atoms with E-state index in [-0.39, 0.29) is 11.6 Å². The fourth-order valence-electron chi connectivity index (χ4n) is 3.32. The Kier molecular flexibility index (Phi) is 7.39. The number of hydrogen-bond donors (Lipinski definition) is 0. The van der Waals surface area contributed by atoms with E-state index in [9.17, 15) is 0 Å². The molecule has 3 rings (SSSR count). The maximum Gasteiger partial charge on any atom is 0.373 e. The molecule has 0 heterocycles. The van der Waals surface area contributed by atoms with Crippen molar-refractivity contribution in [2.45, 2.75) is 50.7 Å². The molecular weight excluding hydrogens is 336 g/mol. The van der Waals surface area contributed by atoms with Crippen LogP contribution in [0.25, 0.3) is 0 Å². The monoisotopic (exact) mass is 358 g/mol. The van der Waals surface area contributed by atoms with Crippen LogP contribution >= 0.6 is 11.6 Å². The van der Waals surface area contributed by atoms with Gasteiger partial charge >= 0.3 is 6.15 Å². The van der Waals surface area contributed by atoms with E-state index in [0.717, 1.165) is 24.5 Å². The zero-order valence-electron chi connectivity index (χ0n) is 14.4. The number of rotatable bonds is 4. The Labute approximate surface area is 154 Å². The SMILES string of the molecule is CC1(c2ccc(Cl)cc2)CCC(OCc2ccccc2)CC1.O=C=O. The Morgan fingerprint density at radius 1 is 1.04 bits per heavy atom. The van der Waals surface area contributed by atoms with E-state index >= 15 is 0 Å². The van der Waals surface area contributed by atoms with Crippen molar-refractivity contribution in [2.75, 3.05) is 0 Å². The topological polar surface area (TPSA) is 43.4 Å². The lowest BCUT2D eigenvalue weighted by atomic mass is 9.70. The molecule has 0 aromatic heterocycles. The van der Waals surface area contributed by atoms with Crippen molar-refractivity contribution in [2.24, 2.45) is 0 Å². The van der Waals surface area contributed by atoms with Crippen LogP contribution in [0.3, 0.4) is 0 Å². The molecule has 0 unspecified atom stereocenters. The summed E-state index contributed by atoms with van der Waals surface area (Å²) >= 11 is 6.00. The summed E-state index contributed by atoms with van der Waals surface area (Å²) in [5.74, 6) is 0. The second-order valence-electron chi connectivity index (χ2n) is 6.65. The van der Waals surface area contributed by atoms with E-state index in [1.165, 1.54) is 24.0 Å². The van der Waals surface area contributed by atoms with Gasteiger partial charge in [-0.2, -0.15) is 9.59 Å². The summed E-state index contributed by atoms with van der Waals surface area (Å²) in [5, 5.41) is 0.812. The Morgan fingerprint density at radius 2 is 1.60 bits per heavy atom. The molecule has 25 heavy (non-hydrogen) atoms. The molecule has 0 radical (unpaired) electrons. The molecule has 1 aliphatic carbocycles. The first-order chi connectivity index (χ1) is 12.1. The van der Waals surface area contributed by atoms with Crippen LogP contribution in [0.1, 0.15) is 43.7 Å². The normalized spacial score (nSPS) is 22.4. The second kappa shape index (κ2) is 9.53.